The molecular formula is C9H6BrClN2OS. The molecule has 0 radical (unpaired) electrons. The van der Waals surface area contributed by atoms with Crippen molar-refractivity contribution in [3.63, 3.8) is 0 Å². The van der Waals surface area contributed by atoms with Crippen molar-refractivity contribution in [3.05, 3.63) is 40.1 Å². The van der Waals surface area contributed by atoms with Crippen molar-refractivity contribution >= 4 is 39.3 Å². The summed E-state index contributed by atoms with van der Waals surface area (Å²) in [5.41, 5.74) is 0. The average molecular weight is 306 g/mol. The molecule has 2 heterocycles. The Bertz CT molecular complexity index is 449. The largest absolute Gasteiger partial charge is 0.468 e. The Morgan fingerprint density at radius 1 is 1.53 bits per heavy atom. The Morgan fingerprint density at radius 2 is 2.40 bits per heavy atom. The molecule has 0 amide bonds. The highest BCUT2D eigenvalue weighted by atomic mass is 79.9. The van der Waals surface area contributed by atoms with Gasteiger partial charge in [-0.2, -0.15) is 0 Å². The Kier molecular flexibility index (Phi) is 3.66. The minimum atomic E-state index is 0.250. The van der Waals surface area contributed by atoms with E-state index in [1.165, 1.54) is 0 Å². The van der Waals surface area contributed by atoms with Gasteiger partial charge in [0.05, 0.1) is 16.5 Å². The summed E-state index contributed by atoms with van der Waals surface area (Å²) in [6.45, 7) is 0. The molecule has 78 valence electrons. The third-order valence-corrected chi connectivity index (χ3v) is 3.65. The van der Waals surface area contributed by atoms with E-state index in [0.717, 1.165) is 21.0 Å². The second-order valence-corrected chi connectivity index (χ2v) is 4.82. The summed E-state index contributed by atoms with van der Waals surface area (Å²) < 4.78 is 6.05. The minimum Gasteiger partial charge on any atom is -0.468 e. The van der Waals surface area contributed by atoms with Crippen molar-refractivity contribution < 1.29 is 4.42 Å². The number of furan rings is 1. The van der Waals surface area contributed by atoms with Crippen LogP contribution in [0.2, 0.25) is 5.28 Å². The third kappa shape index (κ3) is 2.96. The lowest BCUT2D eigenvalue weighted by Gasteiger charge is -2.01. The molecule has 0 saturated heterocycles. The Hall–Kier alpha value is -0.520. The van der Waals surface area contributed by atoms with Crippen LogP contribution in [0, 0.1) is 0 Å². The molecule has 0 atom stereocenters. The average Bonchev–Trinajstić information content (AvgIpc) is 2.72. The van der Waals surface area contributed by atoms with Gasteiger partial charge in [0.2, 0.25) is 5.28 Å². The quantitative estimate of drug-likeness (QED) is 0.491. The number of halogens is 2. The highest BCUT2D eigenvalue weighted by molar-refractivity contribution is 9.10. The third-order valence-electron chi connectivity index (χ3n) is 1.61. The first-order valence-electron chi connectivity index (χ1n) is 4.09. The maximum Gasteiger partial charge on any atom is 0.223 e. The van der Waals surface area contributed by atoms with E-state index in [9.17, 15) is 0 Å². The van der Waals surface area contributed by atoms with E-state index in [1.54, 1.807) is 24.2 Å². The zero-order chi connectivity index (χ0) is 10.7. The van der Waals surface area contributed by atoms with Crippen LogP contribution in [0.3, 0.4) is 0 Å². The smallest absolute Gasteiger partial charge is 0.223 e. The van der Waals surface area contributed by atoms with Gasteiger partial charge in [-0.15, -0.1) is 0 Å². The fourth-order valence-electron chi connectivity index (χ4n) is 0.967. The van der Waals surface area contributed by atoms with Crippen molar-refractivity contribution in [1.29, 1.82) is 0 Å². The topological polar surface area (TPSA) is 38.9 Å². The number of nitrogens with zero attached hydrogens (tertiary/aromatic N) is 2. The molecule has 0 aliphatic carbocycles. The number of aromatic nitrogens is 2. The minimum absolute atomic E-state index is 0.250. The molecule has 2 aromatic rings. The summed E-state index contributed by atoms with van der Waals surface area (Å²) in [5, 5.41) is 1.06. The van der Waals surface area contributed by atoms with E-state index in [0.29, 0.717) is 0 Å². The molecule has 0 aliphatic heterocycles. The van der Waals surface area contributed by atoms with Crippen molar-refractivity contribution in [3.8, 4) is 0 Å². The monoisotopic (exact) mass is 304 g/mol. The van der Waals surface area contributed by atoms with Gasteiger partial charge >= 0.3 is 0 Å². The van der Waals surface area contributed by atoms with Gasteiger partial charge in [0.15, 0.2) is 0 Å². The lowest BCUT2D eigenvalue weighted by atomic mass is 10.5. The summed E-state index contributed by atoms with van der Waals surface area (Å²) >= 11 is 10.6. The number of thioether (sulfide) groups is 1. The highest BCUT2D eigenvalue weighted by Crippen LogP contribution is 2.28. The van der Waals surface area contributed by atoms with Crippen LogP contribution >= 0.6 is 39.3 Å². The summed E-state index contributed by atoms with van der Waals surface area (Å²) in [6.07, 6.45) is 3.29. The zero-order valence-corrected chi connectivity index (χ0v) is 10.6. The van der Waals surface area contributed by atoms with Crippen LogP contribution in [0.1, 0.15) is 5.76 Å². The number of hydrogen-bond donors (Lipinski definition) is 0. The molecule has 2 aromatic heterocycles. The van der Waals surface area contributed by atoms with E-state index in [2.05, 4.69) is 25.9 Å². The van der Waals surface area contributed by atoms with E-state index < -0.39 is 0 Å². The second kappa shape index (κ2) is 5.01. The van der Waals surface area contributed by atoms with Crippen LogP contribution in [0.5, 0.6) is 0 Å². The number of rotatable bonds is 3. The molecule has 0 fully saturated rings. The first-order valence-corrected chi connectivity index (χ1v) is 6.24. The molecule has 0 N–H and O–H groups in total. The normalized spacial score (nSPS) is 10.5. The maximum absolute atomic E-state index is 5.70. The van der Waals surface area contributed by atoms with Crippen molar-refractivity contribution in [2.75, 3.05) is 0 Å². The Labute approximate surface area is 104 Å². The molecule has 3 nitrogen and oxygen atoms in total. The Morgan fingerprint density at radius 3 is 3.13 bits per heavy atom. The van der Waals surface area contributed by atoms with Gasteiger partial charge in [0, 0.05) is 6.20 Å². The molecule has 0 spiro atoms. The summed E-state index contributed by atoms with van der Waals surface area (Å²) in [7, 11) is 0. The summed E-state index contributed by atoms with van der Waals surface area (Å²) in [5.74, 6) is 1.63. The number of hydrogen-bond acceptors (Lipinski definition) is 4. The first kappa shape index (κ1) is 11.0. The van der Waals surface area contributed by atoms with Gasteiger partial charge < -0.3 is 4.42 Å². The molecule has 0 aromatic carbocycles. The van der Waals surface area contributed by atoms with Crippen molar-refractivity contribution in [1.82, 2.24) is 9.97 Å². The molecule has 2 rings (SSSR count). The molecule has 0 saturated carbocycles. The highest BCUT2D eigenvalue weighted by Gasteiger charge is 2.05. The van der Waals surface area contributed by atoms with Crippen LogP contribution in [0.4, 0.5) is 0 Å². The predicted molar refractivity (Wildman–Crippen MR) is 63.0 cm³/mol. The van der Waals surface area contributed by atoms with Gasteiger partial charge in [-0.1, -0.05) is 11.8 Å². The van der Waals surface area contributed by atoms with E-state index in [4.69, 9.17) is 16.0 Å². The van der Waals surface area contributed by atoms with Gasteiger partial charge in [-0.05, 0) is 39.7 Å². The molecule has 6 heteroatoms. The van der Waals surface area contributed by atoms with Gasteiger partial charge in [-0.3, -0.25) is 0 Å². The lowest BCUT2D eigenvalue weighted by Crippen LogP contribution is -1.87. The summed E-state index contributed by atoms with van der Waals surface area (Å²) in [4.78, 5) is 7.96. The van der Waals surface area contributed by atoms with Gasteiger partial charge in [-0.25, -0.2) is 9.97 Å². The van der Waals surface area contributed by atoms with Gasteiger partial charge in [0.1, 0.15) is 10.8 Å². The van der Waals surface area contributed by atoms with Crippen molar-refractivity contribution in [2.24, 2.45) is 0 Å². The molecular weight excluding hydrogens is 300 g/mol. The lowest BCUT2D eigenvalue weighted by molar-refractivity contribution is 0.530. The van der Waals surface area contributed by atoms with E-state index in [-0.39, 0.29) is 5.28 Å². The van der Waals surface area contributed by atoms with Crippen LogP contribution in [-0.4, -0.2) is 9.97 Å². The summed E-state index contributed by atoms with van der Waals surface area (Å²) in [6, 6.07) is 3.78. The molecule has 0 aliphatic rings. The van der Waals surface area contributed by atoms with E-state index in [1.807, 2.05) is 12.1 Å². The fourth-order valence-corrected chi connectivity index (χ4v) is 2.47. The molecule has 15 heavy (non-hydrogen) atoms. The molecule has 0 bridgehead atoms. The first-order chi connectivity index (χ1) is 7.25. The standard InChI is InChI=1S/C9H6BrClN2OS/c10-7-4-12-9(11)13-8(7)15-5-6-2-1-3-14-6/h1-4H,5H2. The van der Waals surface area contributed by atoms with Crippen LogP contribution in [0.15, 0.2) is 38.5 Å². The van der Waals surface area contributed by atoms with E-state index >= 15 is 0 Å². The van der Waals surface area contributed by atoms with Crippen LogP contribution in [0.25, 0.3) is 0 Å². The van der Waals surface area contributed by atoms with Gasteiger partial charge in [0.25, 0.3) is 0 Å². The molecule has 0 unspecified atom stereocenters. The predicted octanol–water partition coefficient (Wildman–Crippen LogP) is 3.78. The van der Waals surface area contributed by atoms with Crippen LogP contribution < -0.4 is 0 Å². The van der Waals surface area contributed by atoms with Crippen LogP contribution in [-0.2, 0) is 5.75 Å². The fraction of sp³-hybridized carbons (Fsp3) is 0.111. The Balaban J connectivity index is 2.07. The van der Waals surface area contributed by atoms with Crippen molar-refractivity contribution in [2.45, 2.75) is 10.8 Å². The second-order valence-electron chi connectivity index (χ2n) is 2.66. The maximum atomic E-state index is 5.70. The SMILES string of the molecule is Clc1ncc(Br)c(SCc2ccco2)n1. The zero-order valence-electron chi connectivity index (χ0n) is 7.48.